The van der Waals surface area contributed by atoms with E-state index >= 15 is 0 Å². The Morgan fingerprint density at radius 3 is 2.00 bits per heavy atom. The van der Waals surface area contributed by atoms with E-state index in [4.69, 9.17) is 9.29 Å². The monoisotopic (exact) mass is 510 g/mol. The van der Waals surface area contributed by atoms with Gasteiger partial charge in [0, 0.05) is 0 Å². The summed E-state index contributed by atoms with van der Waals surface area (Å²) in [5, 5.41) is 9.81. The van der Waals surface area contributed by atoms with E-state index in [1.165, 1.54) is 16.7 Å². The van der Waals surface area contributed by atoms with E-state index in [0.717, 1.165) is 25.0 Å². The van der Waals surface area contributed by atoms with Gasteiger partial charge in [0.25, 0.3) is 10.1 Å². The van der Waals surface area contributed by atoms with Crippen LogP contribution in [0.5, 0.6) is 11.5 Å². The van der Waals surface area contributed by atoms with Crippen LogP contribution >= 0.6 is 0 Å². The van der Waals surface area contributed by atoms with Gasteiger partial charge in [0.05, 0.1) is 12.4 Å². The molecule has 0 aliphatic heterocycles. The van der Waals surface area contributed by atoms with Gasteiger partial charge in [-0.25, -0.2) is 0 Å². The van der Waals surface area contributed by atoms with Gasteiger partial charge in [-0.3, -0.25) is 4.55 Å². The first-order chi connectivity index (χ1) is 17.2. The molecule has 0 aliphatic carbocycles. The van der Waals surface area contributed by atoms with Crippen LogP contribution < -0.4 is 4.74 Å². The van der Waals surface area contributed by atoms with Crippen LogP contribution in [0, 0.1) is 0 Å². The second-order valence-electron chi connectivity index (χ2n) is 9.59. The van der Waals surface area contributed by atoms with Crippen molar-refractivity contribution in [2.24, 2.45) is 0 Å². The molecule has 0 aromatic heterocycles. The minimum Gasteiger partial charge on any atom is -0.508 e. The predicted octanol–water partition coefficient (Wildman–Crippen LogP) is 7.30. The molecule has 3 rings (SSSR count). The number of hydrogen-bond donors (Lipinski definition) is 2. The number of rotatable bonds is 14. The first-order valence-electron chi connectivity index (χ1n) is 12.8. The van der Waals surface area contributed by atoms with Crippen molar-refractivity contribution in [3.05, 3.63) is 95.6 Å². The van der Waals surface area contributed by atoms with Crippen molar-refractivity contribution in [3.8, 4) is 11.5 Å². The Morgan fingerprint density at radius 2 is 1.39 bits per heavy atom. The van der Waals surface area contributed by atoms with Crippen molar-refractivity contribution >= 4 is 10.1 Å². The van der Waals surface area contributed by atoms with Crippen LogP contribution in [0.3, 0.4) is 0 Å². The highest BCUT2D eigenvalue weighted by Gasteiger charge is 2.22. The van der Waals surface area contributed by atoms with Crippen LogP contribution in [0.2, 0.25) is 0 Å². The molecule has 0 aliphatic rings. The third-order valence-electron chi connectivity index (χ3n) is 6.85. The van der Waals surface area contributed by atoms with E-state index in [-0.39, 0.29) is 11.5 Å². The summed E-state index contributed by atoms with van der Waals surface area (Å²) in [6, 6.07) is 26.5. The Kier molecular flexibility index (Phi) is 10.4. The fraction of sp³-hybridized carbons (Fsp3) is 0.400. The minimum atomic E-state index is -3.91. The molecule has 6 heteroatoms. The molecule has 0 amide bonds. The molecule has 0 bridgehead atoms. The minimum absolute atomic E-state index is 0.238. The Hall–Kier alpha value is -2.83. The van der Waals surface area contributed by atoms with Crippen molar-refractivity contribution < 1.29 is 22.8 Å². The Morgan fingerprint density at radius 1 is 0.778 bits per heavy atom. The molecule has 0 spiro atoms. The number of aromatic hydroxyl groups is 1. The van der Waals surface area contributed by atoms with Crippen molar-refractivity contribution in [2.75, 3.05) is 12.4 Å². The summed E-state index contributed by atoms with van der Waals surface area (Å²) in [5.41, 5.74) is 3.86. The summed E-state index contributed by atoms with van der Waals surface area (Å²) in [7, 11) is -3.91. The van der Waals surface area contributed by atoms with Crippen LogP contribution in [-0.4, -0.2) is 30.4 Å². The van der Waals surface area contributed by atoms with Crippen LogP contribution in [0.1, 0.15) is 80.4 Å². The average molecular weight is 511 g/mol. The number of hydrogen-bond acceptors (Lipinski definition) is 4. The quantitative estimate of drug-likeness (QED) is 0.176. The number of phenols is 1. The third-order valence-corrected chi connectivity index (χ3v) is 7.65. The highest BCUT2D eigenvalue weighted by atomic mass is 32.2. The second-order valence-corrected chi connectivity index (χ2v) is 11.2. The lowest BCUT2D eigenvalue weighted by atomic mass is 9.78. The lowest BCUT2D eigenvalue weighted by Gasteiger charge is -2.26. The van der Waals surface area contributed by atoms with Crippen LogP contribution in [0.25, 0.3) is 0 Å². The predicted molar refractivity (Wildman–Crippen MR) is 146 cm³/mol. The molecule has 3 unspecified atom stereocenters. The zero-order chi connectivity index (χ0) is 26.0. The van der Waals surface area contributed by atoms with Crippen molar-refractivity contribution in [1.82, 2.24) is 0 Å². The molecule has 0 saturated carbocycles. The molecule has 3 atom stereocenters. The van der Waals surface area contributed by atoms with Crippen molar-refractivity contribution in [1.29, 1.82) is 0 Å². The summed E-state index contributed by atoms with van der Waals surface area (Å²) in [6.07, 6.45) is 4.04. The molecule has 0 radical (unpaired) electrons. The number of benzene rings is 3. The van der Waals surface area contributed by atoms with E-state index in [2.05, 4.69) is 56.3 Å². The maximum absolute atomic E-state index is 10.8. The molecule has 36 heavy (non-hydrogen) atoms. The maximum Gasteiger partial charge on any atom is 0.264 e. The van der Waals surface area contributed by atoms with Gasteiger partial charge < -0.3 is 9.84 Å². The van der Waals surface area contributed by atoms with Gasteiger partial charge in [-0.2, -0.15) is 8.42 Å². The lowest BCUT2D eigenvalue weighted by Crippen LogP contribution is -2.10. The Bertz CT molecular complexity index is 1140. The smallest absolute Gasteiger partial charge is 0.264 e. The lowest BCUT2D eigenvalue weighted by molar-refractivity contribution is 0.309. The van der Waals surface area contributed by atoms with Crippen LogP contribution in [0.4, 0.5) is 0 Å². The normalized spacial score (nSPS) is 14.2. The average Bonchev–Trinajstić information content (AvgIpc) is 2.87. The van der Waals surface area contributed by atoms with Crippen molar-refractivity contribution in [3.63, 3.8) is 0 Å². The SMILES string of the molecule is CCC(CC(CC(C)c1ccc(OCCCCS(=O)(=O)O)cc1)c1ccc(O)cc1)c1ccccc1. The fourth-order valence-electron chi connectivity index (χ4n) is 4.75. The van der Waals surface area contributed by atoms with E-state index in [1.54, 1.807) is 12.1 Å². The molecule has 3 aromatic rings. The van der Waals surface area contributed by atoms with Gasteiger partial charge in [-0.05, 0) is 90.8 Å². The molecule has 0 saturated heterocycles. The van der Waals surface area contributed by atoms with Gasteiger partial charge >= 0.3 is 0 Å². The summed E-state index contributed by atoms with van der Waals surface area (Å²) >= 11 is 0. The van der Waals surface area contributed by atoms with Gasteiger partial charge in [0.2, 0.25) is 0 Å². The second kappa shape index (κ2) is 13.5. The number of unbranched alkanes of at least 4 members (excludes halogenated alkanes) is 1. The zero-order valence-corrected chi connectivity index (χ0v) is 22.0. The van der Waals surface area contributed by atoms with Crippen LogP contribution in [-0.2, 0) is 10.1 Å². The Labute approximate surface area is 215 Å². The highest BCUT2D eigenvalue weighted by molar-refractivity contribution is 7.85. The summed E-state index contributed by atoms with van der Waals surface area (Å²) in [6.45, 7) is 4.91. The first kappa shape index (κ1) is 27.8. The molecule has 5 nitrogen and oxygen atoms in total. The van der Waals surface area contributed by atoms with E-state index in [1.807, 2.05) is 24.3 Å². The van der Waals surface area contributed by atoms with Crippen LogP contribution in [0.15, 0.2) is 78.9 Å². The van der Waals surface area contributed by atoms with Crippen molar-refractivity contribution in [2.45, 2.75) is 63.7 Å². The number of phenolic OH excluding ortho intramolecular Hbond substituents is 1. The largest absolute Gasteiger partial charge is 0.508 e. The fourth-order valence-corrected chi connectivity index (χ4v) is 5.32. The van der Waals surface area contributed by atoms with Gasteiger partial charge in [0.15, 0.2) is 0 Å². The number of ether oxygens (including phenoxy) is 1. The maximum atomic E-state index is 10.8. The molecular formula is C30H38O5S. The standard InChI is InChI=1S/C30H38O5S/c1-3-24(26-9-5-4-6-10-26)22-28(27-11-15-29(31)16-12-27)21-23(2)25-13-17-30(18-14-25)35-19-7-8-20-36(32,33)34/h4-6,9-18,23-24,28,31H,3,7-8,19-22H2,1-2H3,(H,32,33,34). The summed E-state index contributed by atoms with van der Waals surface area (Å²) in [5.74, 6) is 1.95. The van der Waals surface area contributed by atoms with E-state index in [9.17, 15) is 13.5 Å². The van der Waals surface area contributed by atoms with Gasteiger partial charge in [0.1, 0.15) is 11.5 Å². The zero-order valence-electron chi connectivity index (χ0n) is 21.2. The molecule has 194 valence electrons. The highest BCUT2D eigenvalue weighted by Crippen LogP contribution is 2.39. The Balaban J connectivity index is 1.65. The van der Waals surface area contributed by atoms with Gasteiger partial charge in [-0.1, -0.05) is 68.4 Å². The molecular weight excluding hydrogens is 472 g/mol. The molecule has 2 N–H and O–H groups in total. The summed E-state index contributed by atoms with van der Waals surface area (Å²) in [4.78, 5) is 0. The topological polar surface area (TPSA) is 83.8 Å². The van der Waals surface area contributed by atoms with E-state index < -0.39 is 10.1 Å². The first-order valence-corrected chi connectivity index (χ1v) is 14.4. The third kappa shape index (κ3) is 8.99. The van der Waals surface area contributed by atoms with Gasteiger partial charge in [-0.15, -0.1) is 0 Å². The van der Waals surface area contributed by atoms with E-state index in [0.29, 0.717) is 37.2 Å². The molecule has 0 heterocycles. The summed E-state index contributed by atoms with van der Waals surface area (Å²) < 4.78 is 36.1. The molecule has 0 fully saturated rings. The molecule has 3 aromatic carbocycles.